The number of carboxylic acid groups (broad SMARTS) is 2. The Labute approximate surface area is 362 Å². The third kappa shape index (κ3) is 15.9. The number of phenols is 1. The van der Waals surface area contributed by atoms with Crippen LogP contribution in [-0.2, 0) is 49.6 Å². The molecule has 1 saturated heterocycles. The fraction of sp³-hybridized carbons (Fsp3) is 0.643. The van der Waals surface area contributed by atoms with E-state index in [9.17, 15) is 53.4 Å². The number of nitrogens with two attached hydrogens (primary N) is 1. The number of hydrogen-bond donors (Lipinski definition) is 10. The topological polar surface area (TPSA) is 316 Å². The maximum absolute atomic E-state index is 14.0. The van der Waals surface area contributed by atoms with E-state index in [1.54, 1.807) is 55.4 Å². The van der Waals surface area contributed by atoms with Gasteiger partial charge in [-0.2, -0.15) is 0 Å². The van der Waals surface area contributed by atoms with E-state index in [-0.39, 0.29) is 31.1 Å². The van der Waals surface area contributed by atoms with Crippen LogP contribution in [0.15, 0.2) is 24.3 Å². The second kappa shape index (κ2) is 24.0. The zero-order chi connectivity index (χ0) is 47.2. The Balaban J connectivity index is 2.27. The minimum atomic E-state index is -1.45. The van der Waals surface area contributed by atoms with E-state index in [4.69, 9.17) is 10.8 Å². The van der Waals surface area contributed by atoms with Crippen LogP contribution in [0.2, 0.25) is 0 Å². The third-order valence-corrected chi connectivity index (χ3v) is 10.4. The van der Waals surface area contributed by atoms with Gasteiger partial charge in [0.15, 0.2) is 0 Å². The maximum Gasteiger partial charge on any atom is 0.326 e. The molecule has 7 amide bonds. The van der Waals surface area contributed by atoms with E-state index in [1.165, 1.54) is 36.1 Å². The Hall–Kier alpha value is -5.79. The fourth-order valence-electron chi connectivity index (χ4n) is 6.81. The lowest BCUT2D eigenvalue weighted by Crippen LogP contribution is -2.61. The van der Waals surface area contributed by atoms with Gasteiger partial charge in [-0.25, -0.2) is 4.79 Å². The lowest BCUT2D eigenvalue weighted by Gasteiger charge is -2.31. The number of rotatable bonds is 23. The van der Waals surface area contributed by atoms with E-state index in [0.29, 0.717) is 18.4 Å². The molecule has 346 valence electrons. The van der Waals surface area contributed by atoms with Gasteiger partial charge in [0.25, 0.3) is 0 Å². The lowest BCUT2D eigenvalue weighted by molar-refractivity contribution is -0.150. The molecular formula is C42H66N8O12. The molecule has 0 aliphatic carbocycles. The van der Waals surface area contributed by atoms with Crippen LogP contribution in [0, 0.1) is 23.7 Å². The lowest BCUT2D eigenvalue weighted by atomic mass is 9.98. The molecule has 1 aliphatic heterocycles. The summed E-state index contributed by atoms with van der Waals surface area (Å²) in [5, 5.41) is 44.2. The van der Waals surface area contributed by atoms with Crippen LogP contribution in [0.25, 0.3) is 0 Å². The number of aliphatic carboxylic acids is 2. The van der Waals surface area contributed by atoms with Gasteiger partial charge >= 0.3 is 11.9 Å². The van der Waals surface area contributed by atoms with Crippen molar-refractivity contribution in [2.75, 3.05) is 6.54 Å². The molecule has 0 radical (unpaired) electrons. The van der Waals surface area contributed by atoms with Crippen LogP contribution in [0.3, 0.4) is 0 Å². The molecular weight excluding hydrogens is 809 g/mol. The van der Waals surface area contributed by atoms with Gasteiger partial charge in [0.2, 0.25) is 41.4 Å². The van der Waals surface area contributed by atoms with Crippen molar-refractivity contribution in [3.8, 4) is 5.75 Å². The van der Waals surface area contributed by atoms with Gasteiger partial charge in [-0.15, -0.1) is 0 Å². The maximum atomic E-state index is 14.0. The average molecular weight is 875 g/mol. The first-order chi connectivity index (χ1) is 28.8. The second-order valence-electron chi connectivity index (χ2n) is 17.3. The van der Waals surface area contributed by atoms with Crippen molar-refractivity contribution in [3.63, 3.8) is 0 Å². The largest absolute Gasteiger partial charge is 0.508 e. The molecule has 1 aromatic rings. The van der Waals surface area contributed by atoms with Crippen LogP contribution in [-0.4, -0.2) is 128 Å². The molecule has 0 spiro atoms. The number of likely N-dealkylation sites (tertiary alicyclic amines) is 1. The highest BCUT2D eigenvalue weighted by Crippen LogP contribution is 2.21. The third-order valence-electron chi connectivity index (χ3n) is 10.4. The highest BCUT2D eigenvalue weighted by molar-refractivity contribution is 5.98. The minimum Gasteiger partial charge on any atom is -0.508 e. The van der Waals surface area contributed by atoms with Gasteiger partial charge in [0.1, 0.15) is 48.0 Å². The summed E-state index contributed by atoms with van der Waals surface area (Å²) in [5.74, 6) is -9.31. The van der Waals surface area contributed by atoms with Gasteiger partial charge in [-0.05, 0) is 67.6 Å². The van der Waals surface area contributed by atoms with E-state index < -0.39 is 126 Å². The summed E-state index contributed by atoms with van der Waals surface area (Å²) in [6.07, 6.45) is 0.0857. The second-order valence-corrected chi connectivity index (χ2v) is 17.3. The minimum absolute atomic E-state index is 0.0470. The molecule has 1 aliphatic rings. The number of amides is 7. The molecule has 0 bridgehead atoms. The number of carbonyl (C=O) groups excluding carboxylic acids is 7. The molecule has 11 N–H and O–H groups in total. The Morgan fingerprint density at radius 1 is 0.645 bits per heavy atom. The number of aromatic hydroxyl groups is 1. The van der Waals surface area contributed by atoms with Crippen molar-refractivity contribution in [3.05, 3.63) is 29.8 Å². The summed E-state index contributed by atoms with van der Waals surface area (Å²) in [5.41, 5.74) is 6.22. The normalized spacial score (nSPS) is 17.3. The summed E-state index contributed by atoms with van der Waals surface area (Å²) in [6, 6.07) is -3.90. The van der Waals surface area contributed by atoms with Crippen LogP contribution >= 0.6 is 0 Å². The first kappa shape index (κ1) is 52.3. The van der Waals surface area contributed by atoms with Crippen molar-refractivity contribution in [2.45, 2.75) is 143 Å². The molecule has 8 atom stereocenters. The van der Waals surface area contributed by atoms with Crippen LogP contribution in [0.5, 0.6) is 5.75 Å². The summed E-state index contributed by atoms with van der Waals surface area (Å²) in [6.45, 7) is 15.2. The molecule has 20 heteroatoms. The van der Waals surface area contributed by atoms with Crippen molar-refractivity contribution in [1.29, 1.82) is 0 Å². The zero-order valence-corrected chi connectivity index (χ0v) is 37.0. The van der Waals surface area contributed by atoms with E-state index >= 15 is 0 Å². The molecule has 20 nitrogen and oxygen atoms in total. The summed E-state index contributed by atoms with van der Waals surface area (Å²) < 4.78 is 0. The molecule has 2 rings (SSSR count). The number of nitrogens with one attached hydrogen (secondary N) is 6. The summed E-state index contributed by atoms with van der Waals surface area (Å²) >= 11 is 0. The van der Waals surface area contributed by atoms with Crippen molar-refractivity contribution in [2.24, 2.45) is 29.4 Å². The molecule has 0 unspecified atom stereocenters. The predicted octanol–water partition coefficient (Wildman–Crippen LogP) is -0.245. The summed E-state index contributed by atoms with van der Waals surface area (Å²) in [4.78, 5) is 119. The predicted molar refractivity (Wildman–Crippen MR) is 226 cm³/mol. The molecule has 1 fully saturated rings. The fourth-order valence-corrected chi connectivity index (χ4v) is 6.81. The molecule has 1 aromatic carbocycles. The number of carbonyl (C=O) groups is 9. The van der Waals surface area contributed by atoms with Crippen molar-refractivity contribution < 1.29 is 58.5 Å². The van der Waals surface area contributed by atoms with E-state index in [1.807, 2.05) is 0 Å². The van der Waals surface area contributed by atoms with Crippen LogP contribution in [0.1, 0.15) is 93.6 Å². The Morgan fingerprint density at radius 3 is 1.63 bits per heavy atom. The van der Waals surface area contributed by atoms with Gasteiger partial charge in [-0.1, -0.05) is 67.5 Å². The number of benzene rings is 1. The Bertz CT molecular complexity index is 1770. The van der Waals surface area contributed by atoms with Crippen molar-refractivity contribution in [1.82, 2.24) is 36.8 Å². The van der Waals surface area contributed by atoms with Crippen molar-refractivity contribution >= 4 is 53.3 Å². The van der Waals surface area contributed by atoms with E-state index in [2.05, 4.69) is 31.9 Å². The number of nitrogens with zero attached hydrogens (tertiary/aromatic N) is 1. The summed E-state index contributed by atoms with van der Waals surface area (Å²) in [7, 11) is 0. The Morgan fingerprint density at radius 2 is 1.13 bits per heavy atom. The quantitative estimate of drug-likeness (QED) is 0.0680. The zero-order valence-electron chi connectivity index (χ0n) is 37.0. The standard InChI is InChI=1S/C42H66N8O12/c1-20(2)17-28(45-38(57)29(18-25-12-14-26(51)15-13-25)46-39(58)32(21(3)4)48-36(55)27(43)19-31(52)53)37(56)44-24(9)35(54)47-33(22(5)6)40(59)49-34(23(7)8)41(60)50-16-10-11-30(50)42(61)62/h12-15,20-24,27-30,32-34,51H,10-11,16-19,43H2,1-9H3,(H,44,56)(H,45,57)(H,46,58)(H,47,54)(H,48,55)(H,49,59)(H,52,53)(H,61,62)/t24-,27-,28-,29-,30-,32-,33-,34-/m0/s1. The monoisotopic (exact) mass is 874 g/mol. The van der Waals surface area contributed by atoms with Crippen LogP contribution in [0.4, 0.5) is 0 Å². The SMILES string of the molecule is CC(C)C[C@H](NC(=O)[C@H](Cc1ccc(O)cc1)NC(=O)[C@@H](NC(=O)[C@@H](N)CC(=O)O)C(C)C)C(=O)N[C@@H](C)C(=O)N[C@H](C(=O)N[C@H](C(=O)N1CCC[C@H]1C(=O)O)C(C)C)C(C)C. The first-order valence-corrected chi connectivity index (χ1v) is 20.9. The average Bonchev–Trinajstić information content (AvgIpc) is 3.67. The number of carboxylic acids is 2. The molecule has 0 saturated carbocycles. The van der Waals surface area contributed by atoms with E-state index in [0.717, 1.165) is 0 Å². The number of phenolic OH excluding ortho intramolecular Hbond substituents is 1. The molecule has 62 heavy (non-hydrogen) atoms. The first-order valence-electron chi connectivity index (χ1n) is 20.9. The van der Waals surface area contributed by atoms with Gasteiger partial charge in [-0.3, -0.25) is 38.4 Å². The molecule has 1 heterocycles. The van der Waals surface area contributed by atoms with Gasteiger partial charge in [0.05, 0.1) is 12.5 Å². The number of hydrogen-bond acceptors (Lipinski definition) is 11. The Kier molecular flexibility index (Phi) is 20.3. The smallest absolute Gasteiger partial charge is 0.326 e. The molecule has 0 aromatic heterocycles. The van der Waals surface area contributed by atoms with Gasteiger partial charge in [0, 0.05) is 13.0 Å². The highest BCUT2D eigenvalue weighted by atomic mass is 16.4. The van der Waals surface area contributed by atoms with Gasteiger partial charge < -0.3 is 57.9 Å². The highest BCUT2D eigenvalue weighted by Gasteiger charge is 2.40. The van der Waals surface area contributed by atoms with Crippen LogP contribution < -0.4 is 37.6 Å².